The molecule has 7 atom stereocenters. The second-order valence-electron chi connectivity index (χ2n) is 17.0. The molecule has 0 bridgehead atoms. The average molecular weight is 1060 g/mol. The number of esters is 2. The van der Waals surface area contributed by atoms with Crippen molar-refractivity contribution in [2.24, 2.45) is 0 Å². The first-order valence-corrected chi connectivity index (χ1v) is 28.2. The highest BCUT2D eigenvalue weighted by molar-refractivity contribution is 7.61. The number of nitrogens with two attached hydrogens (primary N) is 1. The fraction of sp³-hybridized carbons (Fsp3) is 0.558. The Labute approximate surface area is 430 Å². The fourth-order valence-corrected chi connectivity index (χ4v) is 8.77. The van der Waals surface area contributed by atoms with Crippen molar-refractivity contribution in [1.29, 1.82) is 0 Å². The highest BCUT2D eigenvalue weighted by Crippen LogP contribution is 2.60. The zero-order valence-electron chi connectivity index (χ0n) is 42.4. The second-order valence-corrected chi connectivity index (χ2v) is 20.0. The lowest BCUT2D eigenvalue weighted by molar-refractivity contribution is -0.161. The smallest absolute Gasteiger partial charge is 0.462 e. The molecule has 2 rings (SSSR count). The Kier molecular flexibility index (Phi) is 34.3. The third-order valence-corrected chi connectivity index (χ3v) is 13.2. The summed E-state index contributed by atoms with van der Waals surface area (Å²) < 4.78 is 56.6. The summed E-state index contributed by atoms with van der Waals surface area (Å²) in [6, 6.07) is 1.23. The molecular weight excluding hydrogens is 985 g/mol. The summed E-state index contributed by atoms with van der Waals surface area (Å²) in [5.74, 6) is -1.36. The molecule has 0 radical (unpaired) electrons. The van der Waals surface area contributed by atoms with E-state index >= 15 is 0 Å². The average Bonchev–Trinajstić information content (AvgIpc) is 3.62. The largest absolute Gasteiger partial charge is 0.481 e. The van der Waals surface area contributed by atoms with E-state index in [1.807, 2.05) is 48.6 Å². The SMILES string of the molecule is CCCCC/C=C\C/C=C\C/C=C\C/C=C\CCCC(=O)OC[C@H](COP(=O)(O)OP(=O)(O)OC[C@H]1O[C@@H](n2ccc(N)nc2=O)[C@H](O)[C@@H]1O)OC(=O)CCC/C=C\C/C=C\C/C=C\C=C\C(=O)CCCCC. The monoisotopic (exact) mass is 1060 g/mol. The van der Waals surface area contributed by atoms with Crippen LogP contribution in [-0.4, -0.2) is 91.5 Å². The summed E-state index contributed by atoms with van der Waals surface area (Å²) in [7, 11) is -10.9. The third kappa shape index (κ3) is 31.6. The number of nitrogen functional groups attached to an aromatic ring is 1. The molecule has 6 N–H and O–H groups in total. The third-order valence-electron chi connectivity index (χ3n) is 10.6. The quantitative estimate of drug-likeness (QED) is 0.0102. The molecule has 19 nitrogen and oxygen atoms in total. The minimum absolute atomic E-state index is 0.0218. The van der Waals surface area contributed by atoms with Crippen molar-refractivity contribution < 1.29 is 71.1 Å². The van der Waals surface area contributed by atoms with Gasteiger partial charge in [-0.05, 0) is 89.2 Å². The number of aromatic nitrogens is 2. The molecule has 21 heteroatoms. The van der Waals surface area contributed by atoms with Gasteiger partial charge in [-0.25, -0.2) is 13.9 Å². The van der Waals surface area contributed by atoms with Gasteiger partial charge in [0.15, 0.2) is 18.1 Å². The van der Waals surface area contributed by atoms with Gasteiger partial charge in [0, 0.05) is 25.5 Å². The molecule has 2 unspecified atom stereocenters. The lowest BCUT2D eigenvalue weighted by Gasteiger charge is -2.21. The predicted octanol–water partition coefficient (Wildman–Crippen LogP) is 9.62. The highest BCUT2D eigenvalue weighted by atomic mass is 31.3. The summed E-state index contributed by atoms with van der Waals surface area (Å²) in [6.07, 6.45) is 39.2. The van der Waals surface area contributed by atoms with Gasteiger partial charge in [0.1, 0.15) is 30.7 Å². The Balaban J connectivity index is 1.87. The van der Waals surface area contributed by atoms with Gasteiger partial charge in [0.2, 0.25) is 0 Å². The topological polar surface area (TPSA) is 283 Å². The summed E-state index contributed by atoms with van der Waals surface area (Å²) in [5.41, 5.74) is 4.57. The number of rotatable bonds is 40. The lowest BCUT2D eigenvalue weighted by Crippen LogP contribution is -2.36. The number of ether oxygens (including phenoxy) is 3. The number of allylic oxidation sites excluding steroid dienone is 16. The standard InChI is InChI=1S/C52H79N3O16P2/c1-3-5-7-8-9-10-11-12-13-14-15-16-19-22-25-28-32-36-47(57)66-40-44(69-48(58)37-33-29-26-23-20-17-18-21-24-27-31-35-43(56)34-30-6-4-2)41-67-72(62,63)71-73(64,65)68-42-45-49(59)50(60)51(70-45)55-39-38-46(53)54-52(55)61/h9-10,12-13,15-18,22-27,31,35,38-39,44-45,49-51,59-60H,3-8,11,14,19-21,28-30,32-34,36-37,40-42H2,1-2H3,(H,62,63)(H,64,65)(H2,53,54,61)/b10-9-,13-12-,16-15-,18-17-,25-22-,26-23-,27-24-,35-31+/t44-,45-,49-,50-,51-/m1/s1. The Bertz CT molecular complexity index is 2170. The van der Waals surface area contributed by atoms with Crippen LogP contribution in [0.5, 0.6) is 0 Å². The van der Waals surface area contributed by atoms with Crippen molar-refractivity contribution in [2.45, 2.75) is 166 Å². The van der Waals surface area contributed by atoms with E-state index in [1.54, 1.807) is 12.2 Å². The van der Waals surface area contributed by atoms with Crippen LogP contribution in [0, 0.1) is 0 Å². The van der Waals surface area contributed by atoms with Crippen molar-refractivity contribution in [3.8, 4) is 0 Å². The molecular formula is C52H79N3O16P2. The summed E-state index contributed by atoms with van der Waals surface area (Å²) in [5, 5.41) is 20.9. The number of ketones is 1. The zero-order valence-corrected chi connectivity index (χ0v) is 44.2. The van der Waals surface area contributed by atoms with Crippen LogP contribution in [0.2, 0.25) is 0 Å². The summed E-state index contributed by atoms with van der Waals surface area (Å²) in [6.45, 7) is 1.83. The predicted molar refractivity (Wildman–Crippen MR) is 280 cm³/mol. The maximum atomic E-state index is 12.8. The van der Waals surface area contributed by atoms with Crippen LogP contribution in [0.15, 0.2) is 114 Å². The molecule has 73 heavy (non-hydrogen) atoms. The Morgan fingerprint density at radius 3 is 1.82 bits per heavy atom. The molecule has 1 aromatic rings. The number of carbonyl (C=O) groups is 3. The Morgan fingerprint density at radius 1 is 0.699 bits per heavy atom. The number of phosphoric acid groups is 2. The van der Waals surface area contributed by atoms with Gasteiger partial charge in [0.05, 0.1) is 13.2 Å². The normalized spacial score (nSPS) is 19.7. The van der Waals surface area contributed by atoms with Crippen LogP contribution >= 0.6 is 15.6 Å². The molecule has 0 saturated carbocycles. The lowest BCUT2D eigenvalue weighted by atomic mass is 10.1. The first-order chi connectivity index (χ1) is 35.1. The summed E-state index contributed by atoms with van der Waals surface area (Å²) >= 11 is 0. The number of anilines is 1. The van der Waals surface area contributed by atoms with Gasteiger partial charge in [-0.2, -0.15) is 9.29 Å². The zero-order chi connectivity index (χ0) is 53.6. The maximum Gasteiger partial charge on any atom is 0.481 e. The van der Waals surface area contributed by atoms with E-state index in [2.05, 4.69) is 59.6 Å². The molecule has 1 saturated heterocycles. The number of hydrogen-bond donors (Lipinski definition) is 5. The van der Waals surface area contributed by atoms with Gasteiger partial charge in [-0.3, -0.25) is 28.0 Å². The molecule has 1 aliphatic heterocycles. The summed E-state index contributed by atoms with van der Waals surface area (Å²) in [4.78, 5) is 73.6. The van der Waals surface area contributed by atoms with Crippen molar-refractivity contribution >= 4 is 39.2 Å². The van der Waals surface area contributed by atoms with E-state index in [1.165, 1.54) is 25.3 Å². The molecule has 0 amide bonds. The number of aliphatic hydroxyl groups is 2. The van der Waals surface area contributed by atoms with Crippen LogP contribution in [0.3, 0.4) is 0 Å². The number of phosphoric ester groups is 2. The highest BCUT2D eigenvalue weighted by Gasteiger charge is 2.46. The van der Waals surface area contributed by atoms with E-state index < -0.39 is 83.7 Å². The number of hydrogen-bond acceptors (Lipinski definition) is 16. The first-order valence-electron chi connectivity index (χ1n) is 25.2. The van der Waals surface area contributed by atoms with Crippen LogP contribution in [-0.2, 0) is 51.1 Å². The number of nitrogens with zero attached hydrogens (tertiary/aromatic N) is 2. The van der Waals surface area contributed by atoms with E-state index in [4.69, 9.17) is 29.0 Å². The van der Waals surface area contributed by atoms with Crippen molar-refractivity contribution in [3.63, 3.8) is 0 Å². The Hall–Kier alpha value is -4.65. The van der Waals surface area contributed by atoms with E-state index in [9.17, 15) is 48.3 Å². The minimum atomic E-state index is -5.46. The van der Waals surface area contributed by atoms with Crippen molar-refractivity contribution in [3.05, 3.63) is 120 Å². The van der Waals surface area contributed by atoms with Crippen LogP contribution in [0.1, 0.15) is 142 Å². The molecule has 0 aromatic carbocycles. The van der Waals surface area contributed by atoms with E-state index in [-0.39, 0.29) is 24.4 Å². The van der Waals surface area contributed by atoms with Crippen LogP contribution < -0.4 is 11.4 Å². The van der Waals surface area contributed by atoms with Crippen LogP contribution in [0.25, 0.3) is 0 Å². The van der Waals surface area contributed by atoms with Gasteiger partial charge in [-0.1, -0.05) is 131 Å². The molecule has 1 aliphatic rings. The minimum Gasteiger partial charge on any atom is -0.462 e. The van der Waals surface area contributed by atoms with Gasteiger partial charge >= 0.3 is 33.3 Å². The van der Waals surface area contributed by atoms with E-state index in [0.717, 1.165) is 55.7 Å². The van der Waals surface area contributed by atoms with Crippen molar-refractivity contribution in [2.75, 3.05) is 25.6 Å². The molecule has 1 aromatic heterocycles. The molecule has 0 aliphatic carbocycles. The maximum absolute atomic E-state index is 12.8. The Morgan fingerprint density at radius 2 is 1.23 bits per heavy atom. The fourth-order valence-electron chi connectivity index (χ4n) is 6.66. The number of carbonyl (C=O) groups excluding carboxylic acids is 3. The molecule has 408 valence electrons. The molecule has 0 spiro atoms. The van der Waals surface area contributed by atoms with E-state index in [0.29, 0.717) is 44.9 Å². The second kappa shape index (κ2) is 38.9. The van der Waals surface area contributed by atoms with Crippen LogP contribution in [0.4, 0.5) is 5.82 Å². The van der Waals surface area contributed by atoms with Gasteiger partial charge in [-0.15, -0.1) is 0 Å². The van der Waals surface area contributed by atoms with Crippen molar-refractivity contribution in [1.82, 2.24) is 9.55 Å². The van der Waals surface area contributed by atoms with Gasteiger partial charge < -0.3 is 39.9 Å². The van der Waals surface area contributed by atoms with Gasteiger partial charge in [0.25, 0.3) is 0 Å². The molecule has 2 heterocycles. The number of unbranched alkanes of at least 4 members (excludes halogenated alkanes) is 7. The first kappa shape index (κ1) is 64.5. The number of aliphatic hydroxyl groups excluding tert-OH is 2. The molecule has 1 fully saturated rings.